The fourth-order valence-electron chi connectivity index (χ4n) is 2.72. The molecule has 1 atom stereocenters. The van der Waals surface area contributed by atoms with E-state index in [4.69, 9.17) is 5.73 Å². The quantitative estimate of drug-likeness (QED) is 0.614. The summed E-state index contributed by atoms with van der Waals surface area (Å²) in [4.78, 5) is 0. The number of rotatable bonds is 1. The summed E-state index contributed by atoms with van der Waals surface area (Å²) in [5.74, 6) is 1.18. The van der Waals surface area contributed by atoms with Crippen molar-refractivity contribution in [3.63, 3.8) is 0 Å². The fraction of sp³-hybridized carbons (Fsp3) is 1.00. The van der Waals surface area contributed by atoms with Crippen LogP contribution in [0.1, 0.15) is 12.8 Å². The molecule has 2 aliphatic rings. The van der Waals surface area contributed by atoms with Crippen LogP contribution in [0.3, 0.4) is 0 Å². The Morgan fingerprint density at radius 1 is 1.36 bits per heavy atom. The van der Waals surface area contributed by atoms with Crippen molar-refractivity contribution in [1.29, 1.82) is 0 Å². The molecule has 0 aromatic carbocycles. The number of nitrogens with one attached hydrogen (secondary N) is 1. The molecule has 2 rings (SSSR count). The summed E-state index contributed by atoms with van der Waals surface area (Å²) in [5.41, 5.74) is 5.90. The third kappa shape index (κ3) is 1.68. The maximum absolute atomic E-state index is 11.3. The summed E-state index contributed by atoms with van der Waals surface area (Å²) in [5, 5.41) is 3.34. The summed E-state index contributed by atoms with van der Waals surface area (Å²) >= 11 is 0. The van der Waals surface area contributed by atoms with Gasteiger partial charge in [0, 0.05) is 6.54 Å². The second-order valence-corrected chi connectivity index (χ2v) is 6.88. The molecule has 2 heterocycles. The highest BCUT2D eigenvalue weighted by Crippen LogP contribution is 2.41. The van der Waals surface area contributed by atoms with Gasteiger partial charge in [0.05, 0.1) is 11.5 Å². The number of nitrogens with two attached hydrogens (primary N) is 1. The molecule has 4 nitrogen and oxygen atoms in total. The molecule has 0 amide bonds. The van der Waals surface area contributed by atoms with E-state index in [2.05, 4.69) is 5.32 Å². The second kappa shape index (κ2) is 3.47. The molecule has 0 saturated carbocycles. The maximum atomic E-state index is 11.3. The van der Waals surface area contributed by atoms with Gasteiger partial charge >= 0.3 is 0 Å². The van der Waals surface area contributed by atoms with Crippen molar-refractivity contribution in [1.82, 2.24) is 5.32 Å². The fourth-order valence-corrected chi connectivity index (χ4v) is 4.36. The van der Waals surface area contributed by atoms with E-state index < -0.39 is 9.84 Å². The Hall–Kier alpha value is -0.130. The lowest BCUT2D eigenvalue weighted by Gasteiger charge is -2.37. The van der Waals surface area contributed by atoms with E-state index in [-0.39, 0.29) is 5.41 Å². The molecule has 82 valence electrons. The van der Waals surface area contributed by atoms with Gasteiger partial charge in [-0.1, -0.05) is 0 Å². The first-order chi connectivity index (χ1) is 6.58. The summed E-state index contributed by atoms with van der Waals surface area (Å²) < 4.78 is 22.7. The lowest BCUT2D eigenvalue weighted by Crippen LogP contribution is -2.41. The van der Waals surface area contributed by atoms with Crippen LogP contribution in [0.15, 0.2) is 0 Å². The van der Waals surface area contributed by atoms with Crippen LogP contribution >= 0.6 is 0 Å². The average molecular weight is 218 g/mol. The summed E-state index contributed by atoms with van der Waals surface area (Å²) in [6.07, 6.45) is 1.59. The Labute approximate surface area is 85.2 Å². The zero-order valence-corrected chi connectivity index (χ0v) is 9.15. The Bertz CT molecular complexity index is 299. The van der Waals surface area contributed by atoms with Crippen molar-refractivity contribution in [2.45, 2.75) is 12.8 Å². The molecule has 1 unspecified atom stereocenters. The van der Waals surface area contributed by atoms with Crippen LogP contribution in [0.5, 0.6) is 0 Å². The third-order valence-corrected chi connectivity index (χ3v) is 5.49. The number of sulfone groups is 1. The summed E-state index contributed by atoms with van der Waals surface area (Å²) in [7, 11) is -2.75. The van der Waals surface area contributed by atoms with Gasteiger partial charge in [0.15, 0.2) is 0 Å². The van der Waals surface area contributed by atoms with Gasteiger partial charge in [0.2, 0.25) is 0 Å². The molecule has 2 aliphatic heterocycles. The normalized spacial score (nSPS) is 34.8. The van der Waals surface area contributed by atoms with Crippen molar-refractivity contribution in [3.8, 4) is 0 Å². The van der Waals surface area contributed by atoms with E-state index in [0.29, 0.717) is 24.0 Å². The number of hydrogen-bond donors (Lipinski definition) is 2. The van der Waals surface area contributed by atoms with Crippen molar-refractivity contribution >= 4 is 9.84 Å². The average Bonchev–Trinajstić information content (AvgIpc) is 2.54. The second-order valence-electron chi connectivity index (χ2n) is 4.58. The molecule has 0 aromatic rings. The predicted molar refractivity (Wildman–Crippen MR) is 55.7 cm³/mol. The smallest absolute Gasteiger partial charge is 0.150 e. The van der Waals surface area contributed by atoms with Crippen molar-refractivity contribution in [2.75, 3.05) is 31.1 Å². The first-order valence-electron chi connectivity index (χ1n) is 5.19. The van der Waals surface area contributed by atoms with Gasteiger partial charge < -0.3 is 11.1 Å². The third-order valence-electron chi connectivity index (χ3n) is 3.84. The standard InChI is InChI=1S/C9H18N2O2S/c10-5-8-6-11-7-9(8)1-3-14(12,13)4-2-9/h8,11H,1-7,10H2. The lowest BCUT2D eigenvalue weighted by atomic mass is 9.73. The van der Waals surface area contributed by atoms with Crippen LogP contribution in [0.2, 0.25) is 0 Å². The van der Waals surface area contributed by atoms with E-state index in [1.807, 2.05) is 0 Å². The molecule has 0 aromatic heterocycles. The lowest BCUT2D eigenvalue weighted by molar-refractivity contribution is 0.205. The largest absolute Gasteiger partial charge is 0.330 e. The highest BCUT2D eigenvalue weighted by molar-refractivity contribution is 7.91. The van der Waals surface area contributed by atoms with Gasteiger partial charge in [-0.05, 0) is 37.3 Å². The van der Waals surface area contributed by atoms with Crippen LogP contribution < -0.4 is 11.1 Å². The molecule has 14 heavy (non-hydrogen) atoms. The molecular weight excluding hydrogens is 200 g/mol. The van der Waals surface area contributed by atoms with Gasteiger partial charge in [-0.25, -0.2) is 8.42 Å². The van der Waals surface area contributed by atoms with Gasteiger partial charge in [-0.2, -0.15) is 0 Å². The Kier molecular flexibility index (Phi) is 2.57. The summed E-state index contributed by atoms with van der Waals surface area (Å²) in [6, 6.07) is 0. The monoisotopic (exact) mass is 218 g/mol. The van der Waals surface area contributed by atoms with Crippen LogP contribution in [-0.4, -0.2) is 39.6 Å². The van der Waals surface area contributed by atoms with E-state index in [0.717, 1.165) is 25.9 Å². The molecule has 0 aliphatic carbocycles. The molecule has 5 heteroatoms. The highest BCUT2D eigenvalue weighted by atomic mass is 32.2. The minimum atomic E-state index is -2.75. The van der Waals surface area contributed by atoms with Crippen molar-refractivity contribution in [3.05, 3.63) is 0 Å². The van der Waals surface area contributed by atoms with E-state index in [1.54, 1.807) is 0 Å². The molecular formula is C9H18N2O2S. The summed E-state index contributed by atoms with van der Waals surface area (Å²) in [6.45, 7) is 2.58. The molecule has 2 fully saturated rings. The van der Waals surface area contributed by atoms with Gasteiger partial charge in [0.25, 0.3) is 0 Å². The Morgan fingerprint density at radius 3 is 2.57 bits per heavy atom. The van der Waals surface area contributed by atoms with Gasteiger partial charge in [-0.15, -0.1) is 0 Å². The molecule has 2 saturated heterocycles. The minimum Gasteiger partial charge on any atom is -0.330 e. The highest BCUT2D eigenvalue weighted by Gasteiger charge is 2.45. The van der Waals surface area contributed by atoms with E-state index in [9.17, 15) is 8.42 Å². The molecule has 0 bridgehead atoms. The van der Waals surface area contributed by atoms with Gasteiger partial charge in [-0.3, -0.25) is 0 Å². The van der Waals surface area contributed by atoms with Crippen molar-refractivity contribution in [2.24, 2.45) is 17.1 Å². The van der Waals surface area contributed by atoms with Crippen LogP contribution in [0.25, 0.3) is 0 Å². The zero-order valence-electron chi connectivity index (χ0n) is 8.33. The van der Waals surface area contributed by atoms with Gasteiger partial charge in [0.1, 0.15) is 9.84 Å². The van der Waals surface area contributed by atoms with Crippen molar-refractivity contribution < 1.29 is 8.42 Å². The minimum absolute atomic E-state index is 0.181. The van der Waals surface area contributed by atoms with Crippen LogP contribution in [0, 0.1) is 11.3 Å². The van der Waals surface area contributed by atoms with E-state index >= 15 is 0 Å². The Balaban J connectivity index is 2.11. The van der Waals surface area contributed by atoms with Crippen LogP contribution in [0.4, 0.5) is 0 Å². The number of hydrogen-bond acceptors (Lipinski definition) is 4. The zero-order chi connectivity index (χ0) is 10.2. The first kappa shape index (κ1) is 10.4. The van der Waals surface area contributed by atoms with Crippen LogP contribution in [-0.2, 0) is 9.84 Å². The predicted octanol–water partition coefficient (Wildman–Crippen LogP) is -0.640. The first-order valence-corrected chi connectivity index (χ1v) is 7.01. The maximum Gasteiger partial charge on any atom is 0.150 e. The SMILES string of the molecule is NCC1CNCC12CCS(=O)(=O)CC2. The molecule has 0 radical (unpaired) electrons. The molecule has 1 spiro atoms. The topological polar surface area (TPSA) is 72.2 Å². The van der Waals surface area contributed by atoms with E-state index in [1.165, 1.54) is 0 Å². The Morgan fingerprint density at radius 2 is 2.00 bits per heavy atom. The molecule has 3 N–H and O–H groups in total.